The fourth-order valence-corrected chi connectivity index (χ4v) is 5.82. The van der Waals surface area contributed by atoms with Crippen LogP contribution in [0.2, 0.25) is 0 Å². The minimum atomic E-state index is -4.40. The van der Waals surface area contributed by atoms with Crippen LogP contribution in [0.1, 0.15) is 22.4 Å². The van der Waals surface area contributed by atoms with Gasteiger partial charge in [0.25, 0.3) is 0 Å². The molecular weight excluding hydrogens is 551 g/mol. The van der Waals surface area contributed by atoms with Crippen LogP contribution >= 0.6 is 0 Å². The highest BCUT2D eigenvalue weighted by Crippen LogP contribution is 2.34. The molecule has 0 unspecified atom stereocenters. The molecule has 0 saturated heterocycles. The van der Waals surface area contributed by atoms with Crippen molar-refractivity contribution in [3.8, 4) is 28.7 Å². The average Bonchev–Trinajstić information content (AvgIpc) is 3.18. The summed E-state index contributed by atoms with van der Waals surface area (Å²) in [5.41, 5.74) is 6.15. The third-order valence-electron chi connectivity index (χ3n) is 7.30. The first kappa shape index (κ1) is 28.6. The van der Waals surface area contributed by atoms with Crippen molar-refractivity contribution in [2.75, 3.05) is 31.8 Å². The first-order valence-corrected chi connectivity index (χ1v) is 15.0. The predicted octanol–water partition coefficient (Wildman–Crippen LogP) is 5.47. The zero-order chi connectivity index (χ0) is 29.4. The maximum absolute atomic E-state index is 13.6. The van der Waals surface area contributed by atoms with E-state index in [1.165, 1.54) is 30.4 Å². The van der Waals surface area contributed by atoms with Crippen LogP contribution in [-0.4, -0.2) is 45.6 Å². The van der Waals surface area contributed by atoms with Gasteiger partial charge < -0.3 is 19.9 Å². The molecule has 0 radical (unpaired) electrons. The lowest BCUT2D eigenvalue weighted by Gasteiger charge is -2.18. The molecule has 1 aliphatic heterocycles. The number of benzene rings is 3. The van der Waals surface area contributed by atoms with Crippen LogP contribution in [0.15, 0.2) is 59.5 Å². The molecule has 214 valence electrons. The highest BCUT2D eigenvalue weighted by molar-refractivity contribution is 7.90. The van der Waals surface area contributed by atoms with Crippen molar-refractivity contribution in [3.05, 3.63) is 77.0 Å². The number of alkyl halides is 3. The molecule has 10 heteroatoms. The first-order chi connectivity index (χ1) is 19.4. The van der Waals surface area contributed by atoms with Gasteiger partial charge in [-0.15, -0.1) is 0 Å². The zero-order valence-electron chi connectivity index (χ0n) is 22.9. The Bertz CT molecular complexity index is 1800. The number of anilines is 1. The summed E-state index contributed by atoms with van der Waals surface area (Å²) >= 11 is 0. The van der Waals surface area contributed by atoms with Gasteiger partial charge in [-0.05, 0) is 53.4 Å². The van der Waals surface area contributed by atoms with E-state index in [9.17, 15) is 21.6 Å². The highest BCUT2D eigenvalue weighted by Gasteiger charge is 2.31. The van der Waals surface area contributed by atoms with Crippen LogP contribution < -0.4 is 15.4 Å². The minimum absolute atomic E-state index is 0.101. The van der Waals surface area contributed by atoms with Crippen LogP contribution in [-0.2, 0) is 36.3 Å². The average molecular weight is 582 g/mol. The standard InChI is InChI=1S/C31H30F3N3O3S/c1-37-28-16-21(20-6-7-23-19-35-14-12-22(23)15-20)8-10-26(28)25(29(37)18-31(32,33)34)5-4-13-36-27-11-9-24(41(3,38)39)17-30(27)40-2/h6-11,15-17,35-36H,12-14,18-19H2,1-3H3. The Morgan fingerprint density at radius 2 is 1.80 bits per heavy atom. The Balaban J connectivity index is 1.48. The van der Waals surface area contributed by atoms with E-state index in [2.05, 4.69) is 40.7 Å². The van der Waals surface area contributed by atoms with E-state index in [1.807, 2.05) is 18.2 Å². The van der Waals surface area contributed by atoms with E-state index in [0.29, 0.717) is 27.9 Å². The highest BCUT2D eigenvalue weighted by atomic mass is 32.2. The zero-order valence-corrected chi connectivity index (χ0v) is 23.8. The lowest BCUT2D eigenvalue weighted by Crippen LogP contribution is -2.23. The van der Waals surface area contributed by atoms with Gasteiger partial charge in [-0.2, -0.15) is 13.2 Å². The Morgan fingerprint density at radius 3 is 2.54 bits per heavy atom. The van der Waals surface area contributed by atoms with Gasteiger partial charge in [-0.3, -0.25) is 0 Å². The number of hydrogen-bond acceptors (Lipinski definition) is 5. The summed E-state index contributed by atoms with van der Waals surface area (Å²) in [6.07, 6.45) is -3.46. The minimum Gasteiger partial charge on any atom is -0.495 e. The van der Waals surface area contributed by atoms with E-state index in [0.717, 1.165) is 36.9 Å². The van der Waals surface area contributed by atoms with Gasteiger partial charge in [0.1, 0.15) is 5.75 Å². The molecule has 0 aliphatic carbocycles. The Kier molecular flexibility index (Phi) is 7.77. The third-order valence-corrected chi connectivity index (χ3v) is 8.41. The van der Waals surface area contributed by atoms with Crippen molar-refractivity contribution in [3.63, 3.8) is 0 Å². The largest absolute Gasteiger partial charge is 0.495 e. The number of fused-ring (bicyclic) bond motifs is 2. The topological polar surface area (TPSA) is 72.4 Å². The normalized spacial score (nSPS) is 13.4. The molecule has 4 aromatic rings. The molecule has 0 fully saturated rings. The van der Waals surface area contributed by atoms with Crippen molar-refractivity contribution in [1.29, 1.82) is 0 Å². The molecule has 2 heterocycles. The van der Waals surface area contributed by atoms with Crippen LogP contribution in [0.3, 0.4) is 0 Å². The molecule has 6 nitrogen and oxygen atoms in total. The summed E-state index contributed by atoms with van der Waals surface area (Å²) in [5, 5.41) is 7.08. The number of nitrogens with one attached hydrogen (secondary N) is 2. The molecule has 5 rings (SSSR count). The number of nitrogens with zero attached hydrogens (tertiary/aromatic N) is 1. The van der Waals surface area contributed by atoms with Crippen molar-refractivity contribution in [1.82, 2.24) is 9.88 Å². The Labute approximate surface area is 237 Å². The van der Waals surface area contributed by atoms with E-state index in [-0.39, 0.29) is 17.1 Å². The molecule has 3 aromatic carbocycles. The van der Waals surface area contributed by atoms with Crippen LogP contribution in [0.5, 0.6) is 5.75 Å². The van der Waals surface area contributed by atoms with E-state index >= 15 is 0 Å². The third kappa shape index (κ3) is 6.21. The molecule has 0 amide bonds. The summed E-state index contributed by atoms with van der Waals surface area (Å²) in [6.45, 7) is 1.87. The lowest BCUT2D eigenvalue weighted by atomic mass is 9.95. The second-order valence-electron chi connectivity index (χ2n) is 10.1. The molecule has 0 spiro atoms. The van der Waals surface area contributed by atoms with Crippen LogP contribution in [0.25, 0.3) is 22.0 Å². The SMILES string of the molecule is COc1cc(S(C)(=O)=O)ccc1NCC#Cc1c(CC(F)(F)F)n(C)c2cc(-c3ccc4c(c3)CCNC4)ccc12. The van der Waals surface area contributed by atoms with E-state index in [1.54, 1.807) is 17.7 Å². The van der Waals surface area contributed by atoms with Crippen LogP contribution in [0.4, 0.5) is 18.9 Å². The van der Waals surface area contributed by atoms with Crippen molar-refractivity contribution in [2.45, 2.75) is 30.5 Å². The van der Waals surface area contributed by atoms with Crippen molar-refractivity contribution in [2.24, 2.45) is 7.05 Å². The van der Waals surface area contributed by atoms with Crippen molar-refractivity contribution < 1.29 is 26.3 Å². The van der Waals surface area contributed by atoms with Gasteiger partial charge in [0.05, 0.1) is 36.2 Å². The maximum Gasteiger partial charge on any atom is 0.394 e. The van der Waals surface area contributed by atoms with E-state index in [4.69, 9.17) is 4.74 Å². The van der Waals surface area contributed by atoms with Gasteiger partial charge in [0.15, 0.2) is 9.84 Å². The monoisotopic (exact) mass is 581 g/mol. The van der Waals surface area contributed by atoms with Gasteiger partial charge in [0.2, 0.25) is 0 Å². The quantitative estimate of drug-likeness (QED) is 0.296. The molecule has 41 heavy (non-hydrogen) atoms. The molecule has 2 N–H and O–H groups in total. The summed E-state index contributed by atoms with van der Waals surface area (Å²) in [4.78, 5) is 0.116. The molecule has 1 aromatic heterocycles. The molecule has 1 aliphatic rings. The van der Waals surface area contributed by atoms with Gasteiger partial charge in [-0.1, -0.05) is 42.2 Å². The van der Waals surface area contributed by atoms with Gasteiger partial charge in [-0.25, -0.2) is 8.42 Å². The molecule has 0 saturated carbocycles. The number of sulfone groups is 1. The van der Waals surface area contributed by atoms with Gasteiger partial charge in [0, 0.05) is 42.5 Å². The Hall–Kier alpha value is -3.94. The number of hydrogen-bond donors (Lipinski definition) is 2. The summed E-state index contributed by atoms with van der Waals surface area (Å²) < 4.78 is 71.4. The maximum atomic E-state index is 13.6. The fourth-order valence-electron chi connectivity index (χ4n) is 5.18. The summed E-state index contributed by atoms with van der Waals surface area (Å²) in [7, 11) is -0.343. The van der Waals surface area contributed by atoms with E-state index < -0.39 is 22.4 Å². The summed E-state index contributed by atoms with van der Waals surface area (Å²) in [6, 6.07) is 16.5. The van der Waals surface area contributed by atoms with Crippen molar-refractivity contribution >= 4 is 26.4 Å². The van der Waals surface area contributed by atoms with Crippen LogP contribution in [0, 0.1) is 11.8 Å². The predicted molar refractivity (Wildman–Crippen MR) is 155 cm³/mol. The summed E-state index contributed by atoms with van der Waals surface area (Å²) in [5.74, 6) is 6.23. The molecule has 0 atom stereocenters. The smallest absolute Gasteiger partial charge is 0.394 e. The van der Waals surface area contributed by atoms with Gasteiger partial charge >= 0.3 is 6.18 Å². The number of aromatic nitrogens is 1. The number of aryl methyl sites for hydroxylation is 1. The second kappa shape index (κ2) is 11.1. The first-order valence-electron chi connectivity index (χ1n) is 13.1. The number of rotatable bonds is 6. The fraction of sp³-hybridized carbons (Fsp3) is 0.290. The number of methoxy groups -OCH3 is 1. The number of halogens is 3. The second-order valence-corrected chi connectivity index (χ2v) is 12.1. The number of ether oxygens (including phenoxy) is 1. The molecular formula is C31H30F3N3O3S. The Morgan fingerprint density at radius 1 is 1.05 bits per heavy atom. The lowest BCUT2D eigenvalue weighted by molar-refractivity contribution is -0.128. The molecule has 0 bridgehead atoms.